The Morgan fingerprint density at radius 2 is 2.08 bits per heavy atom. The van der Waals surface area contributed by atoms with Crippen LogP contribution in [0.1, 0.15) is 28.8 Å². The van der Waals surface area contributed by atoms with Crippen LogP contribution in [0.3, 0.4) is 0 Å². The first-order valence-corrected chi connectivity index (χ1v) is 9.38. The van der Waals surface area contributed by atoms with Crippen molar-refractivity contribution in [1.29, 1.82) is 0 Å². The van der Waals surface area contributed by atoms with Gasteiger partial charge in [0.1, 0.15) is 11.4 Å². The molecule has 138 valence electrons. The van der Waals surface area contributed by atoms with Gasteiger partial charge in [-0.05, 0) is 54.0 Å². The molecule has 0 spiro atoms. The minimum Gasteiger partial charge on any atom is -0.497 e. The molecule has 0 saturated carbocycles. The molecule has 0 saturated heterocycles. The van der Waals surface area contributed by atoms with Crippen molar-refractivity contribution in [3.63, 3.8) is 0 Å². The molecule has 1 atom stereocenters. The van der Waals surface area contributed by atoms with Crippen molar-refractivity contribution in [3.05, 3.63) is 51.7 Å². The molecule has 6 nitrogen and oxygen atoms in total. The third kappa shape index (κ3) is 4.05. The van der Waals surface area contributed by atoms with Crippen LogP contribution in [0.4, 0.5) is 0 Å². The van der Waals surface area contributed by atoms with E-state index in [1.165, 1.54) is 11.3 Å². The summed E-state index contributed by atoms with van der Waals surface area (Å²) in [5.41, 5.74) is 0.613. The molecule has 2 aromatic rings. The first-order chi connectivity index (χ1) is 12.5. The lowest BCUT2D eigenvalue weighted by molar-refractivity contribution is -0.140. The van der Waals surface area contributed by atoms with Crippen molar-refractivity contribution in [2.24, 2.45) is 0 Å². The second-order valence-electron chi connectivity index (χ2n) is 6.35. The zero-order valence-electron chi connectivity index (χ0n) is 14.6. The largest absolute Gasteiger partial charge is 0.497 e. The Labute approximate surface area is 156 Å². The molecule has 1 heterocycles. The van der Waals surface area contributed by atoms with Gasteiger partial charge in [0.2, 0.25) is 0 Å². The lowest BCUT2D eigenvalue weighted by Crippen LogP contribution is -2.47. The molecule has 3 rings (SSSR count). The highest BCUT2D eigenvalue weighted by molar-refractivity contribution is 7.09. The number of amides is 2. The van der Waals surface area contributed by atoms with Crippen LogP contribution in [0.15, 0.2) is 35.7 Å². The van der Waals surface area contributed by atoms with Gasteiger partial charge in [0.05, 0.1) is 20.2 Å². The molecule has 0 radical (unpaired) electrons. The van der Waals surface area contributed by atoms with E-state index < -0.39 is 17.4 Å². The average molecular weight is 374 g/mol. The van der Waals surface area contributed by atoms with E-state index >= 15 is 0 Å². The SMILES string of the molecule is COc1ccc2c(c1)CCC[C@]2(O)CNC(=O)C(=O)NCc1cccs1. The molecular formula is C19H22N2O4S. The summed E-state index contributed by atoms with van der Waals surface area (Å²) in [6, 6.07) is 9.31. The van der Waals surface area contributed by atoms with Crippen LogP contribution in [0.5, 0.6) is 5.75 Å². The Kier molecular flexibility index (Phi) is 5.58. The number of benzene rings is 1. The van der Waals surface area contributed by atoms with Crippen molar-refractivity contribution in [1.82, 2.24) is 10.6 Å². The van der Waals surface area contributed by atoms with Crippen LogP contribution in [0.2, 0.25) is 0 Å². The molecule has 0 bridgehead atoms. The Morgan fingerprint density at radius 3 is 2.81 bits per heavy atom. The summed E-state index contributed by atoms with van der Waals surface area (Å²) in [6.45, 7) is 0.314. The number of carbonyl (C=O) groups is 2. The van der Waals surface area contributed by atoms with Crippen LogP contribution in [0, 0.1) is 0 Å². The fourth-order valence-electron chi connectivity index (χ4n) is 3.22. The number of fused-ring (bicyclic) bond motifs is 1. The van der Waals surface area contributed by atoms with Gasteiger partial charge in [-0.3, -0.25) is 9.59 Å². The molecular weight excluding hydrogens is 352 g/mol. The highest BCUT2D eigenvalue weighted by Gasteiger charge is 2.35. The fraction of sp³-hybridized carbons (Fsp3) is 0.368. The summed E-state index contributed by atoms with van der Waals surface area (Å²) in [5.74, 6) is -0.701. The molecule has 1 aliphatic carbocycles. The number of carbonyl (C=O) groups excluding carboxylic acids is 2. The van der Waals surface area contributed by atoms with Crippen molar-refractivity contribution in [3.8, 4) is 5.75 Å². The third-order valence-electron chi connectivity index (χ3n) is 4.60. The van der Waals surface area contributed by atoms with Crippen molar-refractivity contribution in [2.75, 3.05) is 13.7 Å². The number of aliphatic hydroxyl groups is 1. The Hall–Kier alpha value is -2.38. The maximum absolute atomic E-state index is 12.0. The van der Waals surface area contributed by atoms with Crippen LogP contribution in [-0.2, 0) is 28.2 Å². The molecule has 2 amide bonds. The number of ether oxygens (including phenoxy) is 1. The zero-order chi connectivity index (χ0) is 18.6. The molecule has 1 aromatic heterocycles. The standard InChI is InChI=1S/C19H22N2O4S/c1-25-14-6-7-16-13(10-14)4-2-8-19(16,24)12-21-18(23)17(22)20-11-15-5-3-9-26-15/h3,5-7,9-10,24H,2,4,8,11-12H2,1H3,(H,20,22)(H,21,23)/t19-/m0/s1. The van der Waals surface area contributed by atoms with Gasteiger partial charge < -0.3 is 20.5 Å². The number of aryl methyl sites for hydroxylation is 1. The third-order valence-corrected chi connectivity index (χ3v) is 5.48. The monoisotopic (exact) mass is 374 g/mol. The first-order valence-electron chi connectivity index (χ1n) is 8.50. The summed E-state index contributed by atoms with van der Waals surface area (Å²) in [4.78, 5) is 24.9. The maximum atomic E-state index is 12.0. The highest BCUT2D eigenvalue weighted by atomic mass is 32.1. The summed E-state index contributed by atoms with van der Waals surface area (Å²) in [7, 11) is 1.60. The molecule has 0 aliphatic heterocycles. The van der Waals surface area contributed by atoms with Gasteiger partial charge in [0.25, 0.3) is 0 Å². The van der Waals surface area contributed by atoms with Crippen molar-refractivity contribution < 1.29 is 19.4 Å². The van der Waals surface area contributed by atoms with E-state index in [4.69, 9.17) is 4.74 Å². The molecule has 3 N–H and O–H groups in total. The lowest BCUT2D eigenvalue weighted by Gasteiger charge is -2.34. The normalized spacial score (nSPS) is 18.7. The zero-order valence-corrected chi connectivity index (χ0v) is 15.4. The van der Waals surface area contributed by atoms with E-state index in [1.807, 2.05) is 29.6 Å². The summed E-state index contributed by atoms with van der Waals surface area (Å²) >= 11 is 1.51. The topological polar surface area (TPSA) is 87.7 Å². The van der Waals surface area contributed by atoms with E-state index in [-0.39, 0.29) is 6.54 Å². The molecule has 1 aliphatic rings. The number of rotatable bonds is 5. The van der Waals surface area contributed by atoms with E-state index in [0.717, 1.165) is 34.6 Å². The molecule has 0 unspecified atom stereocenters. The van der Waals surface area contributed by atoms with Crippen LogP contribution < -0.4 is 15.4 Å². The fourth-order valence-corrected chi connectivity index (χ4v) is 3.86. The van der Waals surface area contributed by atoms with Crippen molar-refractivity contribution >= 4 is 23.2 Å². The van der Waals surface area contributed by atoms with E-state index in [9.17, 15) is 14.7 Å². The van der Waals surface area contributed by atoms with E-state index in [2.05, 4.69) is 10.6 Å². The van der Waals surface area contributed by atoms with Gasteiger partial charge in [0.15, 0.2) is 0 Å². The second-order valence-corrected chi connectivity index (χ2v) is 7.39. The number of thiophene rings is 1. The second kappa shape index (κ2) is 7.88. The van der Waals surface area contributed by atoms with Gasteiger partial charge in [0, 0.05) is 4.88 Å². The molecule has 7 heteroatoms. The minimum absolute atomic E-state index is 0.00240. The predicted molar refractivity (Wildman–Crippen MR) is 99.0 cm³/mol. The summed E-state index contributed by atoms with van der Waals surface area (Å²) in [5, 5.41) is 18.1. The van der Waals surface area contributed by atoms with Gasteiger partial charge in [-0.15, -0.1) is 11.3 Å². The minimum atomic E-state index is -1.18. The number of nitrogens with one attached hydrogen (secondary N) is 2. The van der Waals surface area contributed by atoms with E-state index in [1.54, 1.807) is 13.2 Å². The van der Waals surface area contributed by atoms with Crippen LogP contribution >= 0.6 is 11.3 Å². The van der Waals surface area contributed by atoms with Gasteiger partial charge in [-0.1, -0.05) is 12.1 Å². The Bertz CT molecular complexity index is 791. The Morgan fingerprint density at radius 1 is 1.27 bits per heavy atom. The number of hydrogen-bond acceptors (Lipinski definition) is 5. The highest BCUT2D eigenvalue weighted by Crippen LogP contribution is 2.36. The lowest BCUT2D eigenvalue weighted by atomic mass is 9.79. The van der Waals surface area contributed by atoms with Crippen molar-refractivity contribution in [2.45, 2.75) is 31.4 Å². The molecule has 1 aromatic carbocycles. The Balaban J connectivity index is 1.60. The average Bonchev–Trinajstić information content (AvgIpc) is 3.17. The number of hydrogen-bond donors (Lipinski definition) is 3. The van der Waals surface area contributed by atoms with Gasteiger partial charge in [-0.2, -0.15) is 0 Å². The maximum Gasteiger partial charge on any atom is 0.309 e. The van der Waals surface area contributed by atoms with Gasteiger partial charge in [-0.25, -0.2) is 0 Å². The summed E-state index contributed by atoms with van der Waals surface area (Å²) < 4.78 is 5.23. The number of methoxy groups -OCH3 is 1. The van der Waals surface area contributed by atoms with Gasteiger partial charge >= 0.3 is 11.8 Å². The van der Waals surface area contributed by atoms with Crippen LogP contribution in [0.25, 0.3) is 0 Å². The summed E-state index contributed by atoms with van der Waals surface area (Å²) in [6.07, 6.45) is 2.19. The smallest absolute Gasteiger partial charge is 0.309 e. The molecule has 26 heavy (non-hydrogen) atoms. The predicted octanol–water partition coefficient (Wildman–Crippen LogP) is 1.71. The quantitative estimate of drug-likeness (QED) is 0.696. The molecule has 0 fully saturated rings. The van der Waals surface area contributed by atoms with E-state index in [0.29, 0.717) is 13.0 Å². The first kappa shape index (κ1) is 18.4. The van der Waals surface area contributed by atoms with Crippen LogP contribution in [-0.4, -0.2) is 30.6 Å².